The van der Waals surface area contributed by atoms with Crippen molar-refractivity contribution >= 4 is 37.3 Å². The van der Waals surface area contributed by atoms with Crippen LogP contribution >= 0.6 is 11.3 Å². The summed E-state index contributed by atoms with van der Waals surface area (Å²) in [6.45, 7) is 1.98. The fraction of sp³-hybridized carbons (Fsp3) is 0.300. The van der Waals surface area contributed by atoms with Gasteiger partial charge < -0.3 is 9.30 Å². The molecule has 0 aliphatic rings. The standard InChI is InChI=1S/C20H21FN2O4S2/c1-13-6-11-16(27-3)18-19(13)28-20(23(18)2)22-17(24)5-4-12-29(25,26)15-9-7-14(21)8-10-15/h6-11H,4-5,12H2,1-3H3. The largest absolute Gasteiger partial charge is 0.495 e. The van der Waals surface area contributed by atoms with Crippen molar-refractivity contribution in [1.82, 2.24) is 4.57 Å². The smallest absolute Gasteiger partial charge is 0.248 e. The molecule has 154 valence electrons. The molecule has 0 saturated carbocycles. The van der Waals surface area contributed by atoms with Crippen molar-refractivity contribution < 1.29 is 22.3 Å². The average molecular weight is 437 g/mol. The number of hydrogen-bond acceptors (Lipinski definition) is 5. The summed E-state index contributed by atoms with van der Waals surface area (Å²) in [7, 11) is -0.169. The number of aromatic nitrogens is 1. The number of thiazole rings is 1. The van der Waals surface area contributed by atoms with Crippen LogP contribution in [0.5, 0.6) is 5.75 Å². The highest BCUT2D eigenvalue weighted by atomic mass is 32.2. The minimum atomic E-state index is -3.57. The van der Waals surface area contributed by atoms with Gasteiger partial charge in [0.2, 0.25) is 5.91 Å². The van der Waals surface area contributed by atoms with E-state index in [1.54, 1.807) is 11.7 Å². The summed E-state index contributed by atoms with van der Waals surface area (Å²) >= 11 is 1.39. The van der Waals surface area contributed by atoms with Crippen LogP contribution in [-0.2, 0) is 21.7 Å². The van der Waals surface area contributed by atoms with Crippen LogP contribution in [0, 0.1) is 12.7 Å². The second-order valence-corrected chi connectivity index (χ2v) is 9.67. The summed E-state index contributed by atoms with van der Waals surface area (Å²) in [5, 5.41) is 0. The molecule has 0 spiro atoms. The number of nitrogens with zero attached hydrogens (tertiary/aromatic N) is 2. The van der Waals surface area contributed by atoms with Gasteiger partial charge in [0.1, 0.15) is 17.1 Å². The minimum absolute atomic E-state index is 0.00475. The van der Waals surface area contributed by atoms with Gasteiger partial charge in [-0.3, -0.25) is 4.79 Å². The highest BCUT2D eigenvalue weighted by molar-refractivity contribution is 7.91. The van der Waals surface area contributed by atoms with Crippen LogP contribution in [-0.4, -0.2) is 31.8 Å². The van der Waals surface area contributed by atoms with Crippen LogP contribution in [0.2, 0.25) is 0 Å². The topological polar surface area (TPSA) is 77.7 Å². The molecule has 1 aromatic heterocycles. The van der Waals surface area contributed by atoms with Crippen molar-refractivity contribution in [3.05, 3.63) is 52.6 Å². The summed E-state index contributed by atoms with van der Waals surface area (Å²) in [6, 6.07) is 8.48. The predicted molar refractivity (Wildman–Crippen MR) is 110 cm³/mol. The van der Waals surface area contributed by atoms with Gasteiger partial charge in [-0.2, -0.15) is 4.99 Å². The van der Waals surface area contributed by atoms with Gasteiger partial charge in [0.05, 0.1) is 22.5 Å². The lowest BCUT2D eigenvalue weighted by Gasteiger charge is -2.05. The molecule has 0 N–H and O–H groups in total. The van der Waals surface area contributed by atoms with E-state index in [4.69, 9.17) is 4.74 Å². The SMILES string of the molecule is COc1ccc(C)c2sc(=NC(=O)CCCS(=O)(=O)c3ccc(F)cc3)n(C)c12. The van der Waals surface area contributed by atoms with E-state index in [0.717, 1.165) is 27.9 Å². The van der Waals surface area contributed by atoms with Crippen LogP contribution in [0.4, 0.5) is 4.39 Å². The molecule has 2 aromatic carbocycles. The van der Waals surface area contributed by atoms with Crippen LogP contribution in [0.1, 0.15) is 18.4 Å². The Morgan fingerprint density at radius 1 is 1.21 bits per heavy atom. The first-order chi connectivity index (χ1) is 13.7. The maximum Gasteiger partial charge on any atom is 0.248 e. The predicted octanol–water partition coefficient (Wildman–Crippen LogP) is 3.38. The number of hydrogen-bond donors (Lipinski definition) is 0. The average Bonchev–Trinajstić information content (AvgIpc) is 3.00. The molecule has 6 nitrogen and oxygen atoms in total. The molecule has 0 bridgehead atoms. The number of methoxy groups -OCH3 is 1. The number of amides is 1. The van der Waals surface area contributed by atoms with Crippen molar-refractivity contribution in [3.8, 4) is 5.75 Å². The maximum absolute atomic E-state index is 13.0. The van der Waals surface area contributed by atoms with E-state index < -0.39 is 21.6 Å². The number of ether oxygens (including phenoxy) is 1. The number of carbonyl (C=O) groups is 1. The molecule has 1 heterocycles. The lowest BCUT2D eigenvalue weighted by molar-refractivity contribution is -0.118. The first-order valence-electron chi connectivity index (χ1n) is 8.92. The van der Waals surface area contributed by atoms with Gasteiger partial charge in [-0.15, -0.1) is 0 Å². The molecule has 0 saturated heterocycles. The van der Waals surface area contributed by atoms with Crippen LogP contribution in [0.3, 0.4) is 0 Å². The molecular weight excluding hydrogens is 415 g/mol. The molecule has 1 amide bonds. The van der Waals surface area contributed by atoms with E-state index in [1.807, 2.05) is 26.1 Å². The quantitative estimate of drug-likeness (QED) is 0.555. The zero-order valence-corrected chi connectivity index (χ0v) is 17.9. The molecule has 0 unspecified atom stereocenters. The molecule has 9 heteroatoms. The molecule has 29 heavy (non-hydrogen) atoms. The van der Waals surface area contributed by atoms with Gasteiger partial charge in [0.15, 0.2) is 14.6 Å². The van der Waals surface area contributed by atoms with E-state index >= 15 is 0 Å². The maximum atomic E-state index is 13.0. The fourth-order valence-corrected chi connectivity index (χ4v) is 5.39. The molecular formula is C20H21FN2O4S2. The highest BCUT2D eigenvalue weighted by Crippen LogP contribution is 2.29. The van der Waals surface area contributed by atoms with Gasteiger partial charge in [-0.25, -0.2) is 12.8 Å². The minimum Gasteiger partial charge on any atom is -0.495 e. The molecule has 3 aromatic rings. The summed E-state index contributed by atoms with van der Waals surface area (Å²) in [5.74, 6) is -0.395. The lowest BCUT2D eigenvalue weighted by atomic mass is 10.2. The molecule has 0 aliphatic carbocycles. The van der Waals surface area contributed by atoms with Crippen molar-refractivity contribution in [2.75, 3.05) is 12.9 Å². The van der Waals surface area contributed by atoms with E-state index in [-0.39, 0.29) is 23.5 Å². The Bertz CT molecular complexity index is 1230. The van der Waals surface area contributed by atoms with Gasteiger partial charge in [-0.05, 0) is 49.2 Å². The first-order valence-corrected chi connectivity index (χ1v) is 11.4. The van der Waals surface area contributed by atoms with Crippen molar-refractivity contribution in [2.24, 2.45) is 12.0 Å². The molecule has 0 aliphatic heterocycles. The van der Waals surface area contributed by atoms with E-state index in [2.05, 4.69) is 4.99 Å². The first kappa shape index (κ1) is 21.2. The normalized spacial score (nSPS) is 12.5. The van der Waals surface area contributed by atoms with E-state index in [9.17, 15) is 17.6 Å². The second-order valence-electron chi connectivity index (χ2n) is 6.59. The summed E-state index contributed by atoms with van der Waals surface area (Å²) in [6.07, 6.45) is 0.143. The summed E-state index contributed by atoms with van der Waals surface area (Å²) in [4.78, 5) is 17.0. The summed E-state index contributed by atoms with van der Waals surface area (Å²) < 4.78 is 45.7. The molecule has 0 fully saturated rings. The van der Waals surface area contributed by atoms with Crippen LogP contribution < -0.4 is 9.54 Å². The van der Waals surface area contributed by atoms with Crippen LogP contribution in [0.15, 0.2) is 46.3 Å². The Kier molecular flexibility index (Phi) is 6.18. The molecule has 3 rings (SSSR count). The van der Waals surface area contributed by atoms with Gasteiger partial charge in [-0.1, -0.05) is 17.4 Å². The third-order valence-corrected chi connectivity index (χ3v) is 7.61. The Hall–Kier alpha value is -2.52. The number of fused-ring (bicyclic) bond motifs is 1. The number of halogens is 1. The Balaban J connectivity index is 1.75. The lowest BCUT2D eigenvalue weighted by Crippen LogP contribution is -2.14. The van der Waals surface area contributed by atoms with Gasteiger partial charge in [0, 0.05) is 13.5 Å². The zero-order chi connectivity index (χ0) is 21.2. The number of rotatable bonds is 6. The Morgan fingerprint density at radius 3 is 2.55 bits per heavy atom. The zero-order valence-electron chi connectivity index (χ0n) is 16.3. The third-order valence-electron chi connectivity index (χ3n) is 4.52. The van der Waals surface area contributed by atoms with E-state index in [0.29, 0.717) is 10.6 Å². The van der Waals surface area contributed by atoms with Crippen LogP contribution in [0.25, 0.3) is 10.2 Å². The number of benzene rings is 2. The molecule has 0 atom stereocenters. The van der Waals surface area contributed by atoms with Crippen molar-refractivity contribution in [3.63, 3.8) is 0 Å². The monoisotopic (exact) mass is 436 g/mol. The fourth-order valence-electron chi connectivity index (χ4n) is 2.95. The second kappa shape index (κ2) is 8.46. The number of aryl methyl sites for hydroxylation is 2. The Morgan fingerprint density at radius 2 is 1.90 bits per heavy atom. The third kappa shape index (κ3) is 4.56. The van der Waals surface area contributed by atoms with E-state index in [1.165, 1.54) is 23.5 Å². The Labute approximate surface area is 172 Å². The van der Waals surface area contributed by atoms with Crippen molar-refractivity contribution in [1.29, 1.82) is 0 Å². The van der Waals surface area contributed by atoms with Gasteiger partial charge in [0.25, 0.3) is 0 Å². The highest BCUT2D eigenvalue weighted by Gasteiger charge is 2.16. The number of carbonyl (C=O) groups excluding carboxylic acids is 1. The molecule has 0 radical (unpaired) electrons. The van der Waals surface area contributed by atoms with Crippen molar-refractivity contribution in [2.45, 2.75) is 24.7 Å². The summed E-state index contributed by atoms with van der Waals surface area (Å²) in [5.41, 5.74) is 1.92. The van der Waals surface area contributed by atoms with Gasteiger partial charge >= 0.3 is 0 Å². The number of sulfone groups is 1.